The Morgan fingerprint density at radius 3 is 2.00 bits per heavy atom. The minimum absolute atomic E-state index is 0.819. The Labute approximate surface area is 111 Å². The van der Waals surface area contributed by atoms with E-state index in [0.717, 1.165) is 15.5 Å². The number of thioether (sulfide) groups is 1. The molecule has 0 aliphatic heterocycles. The molecule has 2 heteroatoms. The fourth-order valence-electron chi connectivity index (χ4n) is 1.50. The van der Waals surface area contributed by atoms with Crippen LogP contribution in [0.4, 0.5) is 0 Å². The van der Waals surface area contributed by atoms with Crippen molar-refractivity contribution in [3.63, 3.8) is 0 Å². The topological polar surface area (TPSA) is 0 Å². The monoisotopic (exact) mass is 260 g/mol. The molecule has 0 saturated heterocycles. The van der Waals surface area contributed by atoms with Crippen LogP contribution in [0.15, 0.2) is 70.5 Å². The summed E-state index contributed by atoms with van der Waals surface area (Å²) in [6, 6.07) is 20.3. The van der Waals surface area contributed by atoms with Crippen LogP contribution in [0.1, 0.15) is 12.5 Å². The predicted octanol–water partition coefficient (Wildman–Crippen LogP) is 5.41. The van der Waals surface area contributed by atoms with Crippen LogP contribution in [0, 0.1) is 0 Å². The van der Waals surface area contributed by atoms with Crippen LogP contribution in [0.2, 0.25) is 0 Å². The summed E-state index contributed by atoms with van der Waals surface area (Å²) in [4.78, 5) is 2.32. The van der Waals surface area contributed by atoms with Crippen molar-refractivity contribution in [1.82, 2.24) is 0 Å². The largest absolute Gasteiger partial charge is 0.0933 e. The summed E-state index contributed by atoms with van der Waals surface area (Å²) in [6.07, 6.45) is 0. The Morgan fingerprint density at radius 2 is 1.41 bits per heavy atom. The van der Waals surface area contributed by atoms with Crippen LogP contribution in [0.5, 0.6) is 0 Å². The maximum atomic E-state index is 6.37. The Kier molecular flexibility index (Phi) is 4.29. The first kappa shape index (κ1) is 12.3. The average molecular weight is 261 g/mol. The molecular weight excluding hydrogens is 248 g/mol. The third kappa shape index (κ3) is 3.39. The van der Waals surface area contributed by atoms with Gasteiger partial charge < -0.3 is 0 Å². The van der Waals surface area contributed by atoms with E-state index < -0.39 is 0 Å². The highest BCUT2D eigenvalue weighted by Crippen LogP contribution is 2.34. The van der Waals surface area contributed by atoms with Crippen LogP contribution < -0.4 is 0 Å². The second-order valence-corrected chi connectivity index (χ2v) is 5.32. The smallest absolute Gasteiger partial charge is 0.0574 e. The molecule has 2 aromatic rings. The van der Waals surface area contributed by atoms with Crippen molar-refractivity contribution >= 4 is 28.4 Å². The lowest BCUT2D eigenvalue weighted by molar-refractivity contribution is 1.46. The van der Waals surface area contributed by atoms with Crippen molar-refractivity contribution < 1.29 is 0 Å². The zero-order valence-electron chi connectivity index (χ0n) is 9.56. The molecule has 0 saturated carbocycles. The van der Waals surface area contributed by atoms with Crippen molar-refractivity contribution in [1.29, 1.82) is 0 Å². The van der Waals surface area contributed by atoms with Gasteiger partial charge in [0.05, 0.1) is 5.03 Å². The number of hydrogen-bond acceptors (Lipinski definition) is 1. The zero-order chi connectivity index (χ0) is 12.1. The van der Waals surface area contributed by atoms with Crippen molar-refractivity contribution in [2.24, 2.45) is 0 Å². The van der Waals surface area contributed by atoms with E-state index in [1.807, 2.05) is 55.5 Å². The van der Waals surface area contributed by atoms with Crippen molar-refractivity contribution in [3.8, 4) is 0 Å². The van der Waals surface area contributed by atoms with Gasteiger partial charge in [0, 0.05) is 9.80 Å². The molecule has 0 N–H and O–H groups in total. The first-order chi connectivity index (χ1) is 8.27. The molecule has 0 aliphatic carbocycles. The number of hydrogen-bond donors (Lipinski definition) is 0. The predicted molar refractivity (Wildman–Crippen MR) is 77.2 cm³/mol. The van der Waals surface area contributed by atoms with Gasteiger partial charge in [-0.25, -0.2) is 0 Å². The molecule has 17 heavy (non-hydrogen) atoms. The van der Waals surface area contributed by atoms with Gasteiger partial charge in [0.15, 0.2) is 0 Å². The Hall–Kier alpha value is -1.18. The van der Waals surface area contributed by atoms with E-state index in [9.17, 15) is 0 Å². The van der Waals surface area contributed by atoms with Gasteiger partial charge in [0.25, 0.3) is 0 Å². The third-order valence-corrected chi connectivity index (χ3v) is 3.98. The molecule has 0 bridgehead atoms. The molecule has 86 valence electrons. The van der Waals surface area contributed by atoms with Crippen LogP contribution in [-0.2, 0) is 0 Å². The molecule has 0 nitrogen and oxygen atoms in total. The minimum Gasteiger partial charge on any atom is -0.0933 e. The normalized spacial score (nSPS) is 12.1. The summed E-state index contributed by atoms with van der Waals surface area (Å²) in [5.41, 5.74) is 1.06. The van der Waals surface area contributed by atoms with E-state index in [2.05, 4.69) is 12.1 Å². The highest BCUT2D eigenvalue weighted by Gasteiger charge is 2.03. The molecule has 0 unspecified atom stereocenters. The number of allylic oxidation sites excluding steroid dienone is 1. The molecule has 0 fully saturated rings. The quantitative estimate of drug-likeness (QED) is 0.665. The molecule has 0 aromatic heterocycles. The summed E-state index contributed by atoms with van der Waals surface area (Å²) in [7, 11) is 0. The van der Waals surface area contributed by atoms with Crippen molar-refractivity contribution in [3.05, 3.63) is 71.1 Å². The van der Waals surface area contributed by atoms with Crippen LogP contribution in [0.25, 0.3) is 5.03 Å². The van der Waals surface area contributed by atoms with Crippen molar-refractivity contribution in [2.75, 3.05) is 0 Å². The van der Waals surface area contributed by atoms with E-state index in [4.69, 9.17) is 11.6 Å². The van der Waals surface area contributed by atoms with E-state index in [0.29, 0.717) is 0 Å². The van der Waals surface area contributed by atoms with Gasteiger partial charge in [0.1, 0.15) is 0 Å². The molecule has 0 amide bonds. The lowest BCUT2D eigenvalue weighted by atomic mass is 10.2. The standard InChI is InChI=1S/C15H13ClS/c1-12(17-14-10-6-3-7-11-14)15(16)13-8-4-2-5-9-13/h2-11H,1H3/b15-12+. The lowest BCUT2D eigenvalue weighted by Gasteiger charge is -2.05. The van der Waals surface area contributed by atoms with Gasteiger partial charge in [-0.05, 0) is 24.6 Å². The number of halogens is 1. The molecule has 2 aromatic carbocycles. The van der Waals surface area contributed by atoms with Gasteiger partial charge in [-0.15, -0.1) is 0 Å². The second-order valence-electron chi connectivity index (χ2n) is 3.65. The summed E-state index contributed by atoms with van der Waals surface area (Å²) in [5.74, 6) is 0. The van der Waals surface area contributed by atoms with Gasteiger partial charge >= 0.3 is 0 Å². The Bertz CT molecular complexity index is 503. The molecule has 0 spiro atoms. The van der Waals surface area contributed by atoms with E-state index in [-0.39, 0.29) is 0 Å². The summed E-state index contributed by atoms with van der Waals surface area (Å²) in [6.45, 7) is 2.05. The maximum Gasteiger partial charge on any atom is 0.0574 e. The van der Waals surface area contributed by atoms with Crippen molar-refractivity contribution in [2.45, 2.75) is 11.8 Å². The summed E-state index contributed by atoms with van der Waals surface area (Å²) >= 11 is 8.06. The molecule has 0 radical (unpaired) electrons. The number of rotatable bonds is 3. The fraction of sp³-hybridized carbons (Fsp3) is 0.0667. The molecular formula is C15H13ClS. The van der Waals surface area contributed by atoms with Crippen LogP contribution >= 0.6 is 23.4 Å². The Morgan fingerprint density at radius 1 is 0.882 bits per heavy atom. The van der Waals surface area contributed by atoms with E-state index in [1.165, 1.54) is 4.90 Å². The van der Waals surface area contributed by atoms with E-state index >= 15 is 0 Å². The number of benzene rings is 2. The van der Waals surface area contributed by atoms with Gasteiger partial charge in [-0.1, -0.05) is 71.9 Å². The fourth-order valence-corrected chi connectivity index (χ4v) is 2.59. The minimum atomic E-state index is 0.819. The second kappa shape index (κ2) is 5.95. The molecule has 2 rings (SSSR count). The first-order valence-electron chi connectivity index (χ1n) is 5.42. The van der Waals surface area contributed by atoms with Gasteiger partial charge in [0.2, 0.25) is 0 Å². The first-order valence-corrected chi connectivity index (χ1v) is 6.61. The van der Waals surface area contributed by atoms with Crippen LogP contribution in [-0.4, -0.2) is 0 Å². The zero-order valence-corrected chi connectivity index (χ0v) is 11.1. The molecule has 0 heterocycles. The SMILES string of the molecule is C/C(Sc1ccccc1)=C(\Cl)c1ccccc1. The third-order valence-electron chi connectivity index (χ3n) is 2.35. The summed E-state index contributed by atoms with van der Waals surface area (Å²) in [5, 5.41) is 0.819. The average Bonchev–Trinajstić information content (AvgIpc) is 2.40. The maximum absolute atomic E-state index is 6.37. The molecule has 0 aliphatic rings. The lowest BCUT2D eigenvalue weighted by Crippen LogP contribution is -1.79. The Balaban J connectivity index is 2.22. The highest BCUT2D eigenvalue weighted by molar-refractivity contribution is 8.03. The van der Waals surface area contributed by atoms with Crippen LogP contribution in [0.3, 0.4) is 0 Å². The summed E-state index contributed by atoms with van der Waals surface area (Å²) < 4.78 is 0. The van der Waals surface area contributed by atoms with Gasteiger partial charge in [-0.2, -0.15) is 0 Å². The van der Waals surface area contributed by atoms with Gasteiger partial charge in [-0.3, -0.25) is 0 Å². The highest BCUT2D eigenvalue weighted by atomic mass is 35.5. The van der Waals surface area contributed by atoms with E-state index in [1.54, 1.807) is 11.8 Å². The molecule has 0 atom stereocenters.